The van der Waals surface area contributed by atoms with Crippen molar-refractivity contribution in [2.75, 3.05) is 0 Å². The molecule has 0 amide bonds. The Morgan fingerprint density at radius 1 is 0.512 bits per heavy atom. The maximum atomic E-state index is 16.1. The van der Waals surface area contributed by atoms with Gasteiger partial charge in [0.1, 0.15) is 5.78 Å². The third-order valence-electron chi connectivity index (χ3n) is 7.61. The highest BCUT2D eigenvalue weighted by Crippen LogP contribution is 2.67. The summed E-state index contributed by atoms with van der Waals surface area (Å²) in [4.78, 5) is 14.6. The summed E-state index contributed by atoms with van der Waals surface area (Å²) in [6.45, 7) is 1.95. The molecule has 0 N–H and O–H groups in total. The second-order valence-corrected chi connectivity index (χ2v) is 16.0. The highest BCUT2D eigenvalue weighted by molar-refractivity contribution is 7.83. The third-order valence-corrected chi connectivity index (χ3v) is 14.9. The Kier molecular flexibility index (Phi) is 8.99. The van der Waals surface area contributed by atoms with Gasteiger partial charge < -0.3 is 9.13 Å². The van der Waals surface area contributed by atoms with Crippen LogP contribution in [-0.2, 0) is 13.9 Å². The zero-order valence-electron chi connectivity index (χ0n) is 23.1. The lowest BCUT2D eigenvalue weighted by Crippen LogP contribution is -2.39. The van der Waals surface area contributed by atoms with Crippen molar-refractivity contribution in [3.05, 3.63) is 157 Å². The standard InChI is InChI=1S/C36H34O3P2/c1-2-18-34(37)36(41(39,32-25-14-6-15-26-32)33-27-16-7-17-28-33)35(29-19-8-3-9-20-29)40(38,30-21-10-4-11-22-30)31-23-12-5-13-24-31/h3-17,19-28,35-36H,2,18H2,1H3. The quantitative estimate of drug-likeness (QED) is 0.153. The van der Waals surface area contributed by atoms with E-state index in [-0.39, 0.29) is 12.2 Å². The lowest BCUT2D eigenvalue weighted by Gasteiger charge is -2.39. The number of Topliss-reactive ketones (excluding diaryl/α,β-unsaturated/α-hetero) is 1. The predicted octanol–water partition coefficient (Wildman–Crippen LogP) is 7.49. The average molecular weight is 577 g/mol. The van der Waals surface area contributed by atoms with E-state index in [2.05, 4.69) is 0 Å². The molecule has 0 aromatic heterocycles. The summed E-state index contributed by atoms with van der Waals surface area (Å²) < 4.78 is 32.1. The van der Waals surface area contributed by atoms with Crippen LogP contribution >= 0.6 is 14.3 Å². The van der Waals surface area contributed by atoms with Gasteiger partial charge in [-0.25, -0.2) is 0 Å². The van der Waals surface area contributed by atoms with Crippen LogP contribution in [0.2, 0.25) is 0 Å². The first-order chi connectivity index (χ1) is 20.0. The van der Waals surface area contributed by atoms with Gasteiger partial charge in [-0.2, -0.15) is 0 Å². The topological polar surface area (TPSA) is 51.2 Å². The van der Waals surface area contributed by atoms with Crippen molar-refractivity contribution in [2.45, 2.75) is 31.1 Å². The van der Waals surface area contributed by atoms with Gasteiger partial charge in [0.05, 0.1) is 11.3 Å². The molecule has 2 atom stereocenters. The largest absolute Gasteiger partial charge is 0.313 e. The van der Waals surface area contributed by atoms with Crippen molar-refractivity contribution in [3.8, 4) is 0 Å². The number of ketones is 1. The summed E-state index contributed by atoms with van der Waals surface area (Å²) in [6.07, 6.45) is 0.836. The Labute approximate surface area is 243 Å². The lowest BCUT2D eigenvalue weighted by atomic mass is 10.0. The van der Waals surface area contributed by atoms with Gasteiger partial charge in [0.2, 0.25) is 0 Å². The van der Waals surface area contributed by atoms with Crippen LogP contribution in [0.4, 0.5) is 0 Å². The van der Waals surface area contributed by atoms with Crippen LogP contribution in [-0.4, -0.2) is 11.4 Å². The zero-order valence-corrected chi connectivity index (χ0v) is 24.9. The minimum Gasteiger partial charge on any atom is -0.313 e. The fourth-order valence-corrected chi connectivity index (χ4v) is 13.5. The number of carbonyl (C=O) groups is 1. The fraction of sp³-hybridized carbons (Fsp3) is 0.139. The van der Waals surface area contributed by atoms with Crippen LogP contribution in [0.25, 0.3) is 0 Å². The summed E-state index contributed by atoms with van der Waals surface area (Å²) >= 11 is 0. The van der Waals surface area contributed by atoms with E-state index < -0.39 is 25.6 Å². The first-order valence-electron chi connectivity index (χ1n) is 14.0. The molecule has 41 heavy (non-hydrogen) atoms. The van der Waals surface area contributed by atoms with E-state index in [0.29, 0.717) is 27.6 Å². The normalized spacial score (nSPS) is 13.3. The first kappa shape index (κ1) is 28.7. The first-order valence-corrected chi connectivity index (χ1v) is 17.6. The molecular formula is C36H34O3P2. The summed E-state index contributed by atoms with van der Waals surface area (Å²) in [6, 6.07) is 47.0. The Morgan fingerprint density at radius 2 is 0.829 bits per heavy atom. The van der Waals surface area contributed by atoms with Crippen molar-refractivity contribution in [3.63, 3.8) is 0 Å². The molecule has 2 unspecified atom stereocenters. The average Bonchev–Trinajstić information content (AvgIpc) is 3.05. The molecule has 5 aromatic rings. The molecule has 206 valence electrons. The summed E-state index contributed by atoms with van der Waals surface area (Å²) in [5, 5.41) is 2.47. The van der Waals surface area contributed by atoms with Crippen LogP contribution in [0.3, 0.4) is 0 Å². The summed E-state index contributed by atoms with van der Waals surface area (Å²) in [5.74, 6) is -0.135. The number of rotatable bonds is 11. The van der Waals surface area contributed by atoms with Crippen molar-refractivity contribution in [1.82, 2.24) is 0 Å². The molecule has 0 saturated heterocycles. The second-order valence-electron chi connectivity index (χ2n) is 10.2. The molecule has 0 radical (unpaired) electrons. The van der Waals surface area contributed by atoms with Gasteiger partial charge in [-0.05, 0) is 12.0 Å². The Morgan fingerprint density at radius 3 is 1.17 bits per heavy atom. The molecule has 0 aliphatic rings. The summed E-state index contributed by atoms with van der Waals surface area (Å²) in [7, 11) is -7.32. The monoisotopic (exact) mass is 576 g/mol. The number of hydrogen-bond donors (Lipinski definition) is 0. The van der Waals surface area contributed by atoms with E-state index in [9.17, 15) is 4.79 Å². The maximum absolute atomic E-state index is 16.1. The number of hydrogen-bond acceptors (Lipinski definition) is 3. The highest BCUT2D eigenvalue weighted by atomic mass is 31.2. The molecule has 0 spiro atoms. The van der Waals surface area contributed by atoms with E-state index in [0.717, 1.165) is 5.56 Å². The third kappa shape index (κ3) is 5.58. The molecule has 0 saturated carbocycles. The SMILES string of the molecule is CCCC(=O)C(C(c1ccccc1)P(=O)(c1ccccc1)c1ccccc1)P(=O)(c1ccccc1)c1ccccc1. The Hall–Kier alpha value is -3.77. The van der Waals surface area contributed by atoms with Crippen LogP contribution in [0, 0.1) is 0 Å². The molecular weight excluding hydrogens is 542 g/mol. The minimum atomic E-state index is -3.70. The molecule has 0 fully saturated rings. The van der Waals surface area contributed by atoms with Gasteiger partial charge >= 0.3 is 0 Å². The van der Waals surface area contributed by atoms with Crippen molar-refractivity contribution < 1.29 is 13.9 Å². The van der Waals surface area contributed by atoms with Crippen molar-refractivity contribution in [2.24, 2.45) is 0 Å². The van der Waals surface area contributed by atoms with Gasteiger partial charge in [-0.1, -0.05) is 159 Å². The zero-order chi connectivity index (χ0) is 28.7. The Balaban J connectivity index is 1.92. The van der Waals surface area contributed by atoms with Gasteiger partial charge in [0.15, 0.2) is 14.3 Å². The smallest absolute Gasteiger partial charge is 0.154 e. The molecule has 0 bridgehead atoms. The van der Waals surface area contributed by atoms with Crippen LogP contribution < -0.4 is 21.2 Å². The minimum absolute atomic E-state index is 0.135. The predicted molar refractivity (Wildman–Crippen MR) is 172 cm³/mol. The second kappa shape index (κ2) is 12.8. The van der Waals surface area contributed by atoms with Gasteiger partial charge in [-0.15, -0.1) is 0 Å². The van der Waals surface area contributed by atoms with Crippen molar-refractivity contribution >= 4 is 41.3 Å². The van der Waals surface area contributed by atoms with Gasteiger partial charge in [0.25, 0.3) is 0 Å². The van der Waals surface area contributed by atoms with Crippen LogP contribution in [0.15, 0.2) is 152 Å². The molecule has 5 heteroatoms. The van der Waals surface area contributed by atoms with E-state index in [1.165, 1.54) is 0 Å². The lowest BCUT2D eigenvalue weighted by molar-refractivity contribution is -0.118. The molecule has 0 aliphatic heterocycles. The Bertz CT molecular complexity index is 1570. The fourth-order valence-electron chi connectivity index (χ4n) is 5.75. The van der Waals surface area contributed by atoms with E-state index in [1.54, 1.807) is 0 Å². The molecule has 5 aromatic carbocycles. The maximum Gasteiger partial charge on any atom is 0.154 e. The number of carbonyl (C=O) groups excluding carboxylic acids is 1. The van der Waals surface area contributed by atoms with E-state index in [1.807, 2.05) is 159 Å². The van der Waals surface area contributed by atoms with E-state index >= 15 is 9.13 Å². The van der Waals surface area contributed by atoms with Crippen LogP contribution in [0.5, 0.6) is 0 Å². The van der Waals surface area contributed by atoms with E-state index in [4.69, 9.17) is 0 Å². The molecule has 0 aliphatic carbocycles. The highest BCUT2D eigenvalue weighted by Gasteiger charge is 2.53. The van der Waals surface area contributed by atoms with Gasteiger partial charge in [-0.3, -0.25) is 4.79 Å². The van der Waals surface area contributed by atoms with Crippen molar-refractivity contribution in [1.29, 1.82) is 0 Å². The molecule has 5 rings (SSSR count). The summed E-state index contributed by atoms with van der Waals surface area (Å²) in [5.41, 5.74) is -1.18. The molecule has 0 heterocycles. The molecule has 3 nitrogen and oxygen atoms in total. The van der Waals surface area contributed by atoms with Gasteiger partial charge in [0, 0.05) is 27.6 Å². The number of benzene rings is 5. The van der Waals surface area contributed by atoms with Crippen LogP contribution in [0.1, 0.15) is 31.0 Å².